The molecule has 1 unspecified atom stereocenters. The Labute approximate surface area is 105 Å². The van der Waals surface area contributed by atoms with E-state index in [1.165, 1.54) is 4.90 Å². The molecule has 0 spiro atoms. The summed E-state index contributed by atoms with van der Waals surface area (Å²) in [5, 5.41) is 3.03. The van der Waals surface area contributed by atoms with Crippen molar-refractivity contribution in [2.75, 3.05) is 26.2 Å². The Hall–Kier alpha value is -0.950. The first-order valence-electron chi connectivity index (χ1n) is 5.89. The van der Waals surface area contributed by atoms with Gasteiger partial charge in [-0.25, -0.2) is 4.79 Å². The number of ether oxygens (including phenoxy) is 2. The number of nitrogens with zero attached hydrogens (tertiary/aromatic N) is 1. The van der Waals surface area contributed by atoms with Crippen molar-refractivity contribution in [2.24, 2.45) is 0 Å². The van der Waals surface area contributed by atoms with Gasteiger partial charge in [-0.3, -0.25) is 0 Å². The van der Waals surface area contributed by atoms with E-state index < -0.39 is 24.3 Å². The van der Waals surface area contributed by atoms with E-state index in [9.17, 15) is 13.6 Å². The highest BCUT2D eigenvalue weighted by Gasteiger charge is 2.30. The second-order valence-electron chi connectivity index (χ2n) is 5.13. The van der Waals surface area contributed by atoms with Crippen molar-refractivity contribution >= 4 is 6.09 Å². The lowest BCUT2D eigenvalue weighted by Gasteiger charge is -2.36. The van der Waals surface area contributed by atoms with Crippen LogP contribution in [-0.4, -0.2) is 55.5 Å². The van der Waals surface area contributed by atoms with Gasteiger partial charge < -0.3 is 19.7 Å². The maximum Gasteiger partial charge on any atom is 0.410 e. The van der Waals surface area contributed by atoms with E-state index >= 15 is 0 Å². The fourth-order valence-corrected chi connectivity index (χ4v) is 1.65. The molecule has 7 heteroatoms. The van der Waals surface area contributed by atoms with Gasteiger partial charge in [-0.1, -0.05) is 0 Å². The summed E-state index contributed by atoms with van der Waals surface area (Å²) in [6, 6.07) is -0.428. The van der Waals surface area contributed by atoms with E-state index in [4.69, 9.17) is 4.74 Å². The van der Waals surface area contributed by atoms with E-state index in [0.717, 1.165) is 0 Å². The molecule has 0 saturated carbocycles. The first-order chi connectivity index (χ1) is 8.29. The maximum atomic E-state index is 12.0. The minimum absolute atomic E-state index is 0.204. The van der Waals surface area contributed by atoms with Gasteiger partial charge in [-0.15, -0.1) is 0 Å². The van der Waals surface area contributed by atoms with Gasteiger partial charge in [0.05, 0.1) is 12.6 Å². The quantitative estimate of drug-likeness (QED) is 0.839. The summed E-state index contributed by atoms with van der Waals surface area (Å²) in [6.45, 7) is 3.71. The molecule has 106 valence electrons. The van der Waals surface area contributed by atoms with Gasteiger partial charge in [-0.05, 0) is 20.8 Å². The van der Waals surface area contributed by atoms with Gasteiger partial charge in [0.15, 0.2) is 0 Å². The SMILES string of the molecule is CC(C)(C)OC(=O)N1CCNCC1COC(F)F. The number of nitrogens with one attached hydrogen (secondary N) is 1. The largest absolute Gasteiger partial charge is 0.444 e. The Morgan fingerprint density at radius 1 is 1.50 bits per heavy atom. The molecule has 1 aliphatic rings. The molecule has 0 radical (unpaired) electrons. The van der Waals surface area contributed by atoms with Crippen LogP contribution < -0.4 is 5.32 Å². The zero-order chi connectivity index (χ0) is 13.8. The lowest BCUT2D eigenvalue weighted by Crippen LogP contribution is -2.56. The van der Waals surface area contributed by atoms with E-state index in [1.54, 1.807) is 20.8 Å². The van der Waals surface area contributed by atoms with Crippen LogP contribution in [0.1, 0.15) is 20.8 Å². The maximum absolute atomic E-state index is 12.0. The second kappa shape index (κ2) is 6.29. The van der Waals surface area contributed by atoms with Gasteiger partial charge in [0.1, 0.15) is 5.60 Å². The molecule has 0 aromatic heterocycles. The molecule has 0 aromatic rings. The molecule has 1 N–H and O–H groups in total. The number of rotatable bonds is 3. The van der Waals surface area contributed by atoms with Crippen LogP contribution in [0.2, 0.25) is 0 Å². The molecule has 0 aliphatic carbocycles. The van der Waals surface area contributed by atoms with Crippen LogP contribution in [-0.2, 0) is 9.47 Å². The Morgan fingerprint density at radius 2 is 2.17 bits per heavy atom. The van der Waals surface area contributed by atoms with E-state index in [2.05, 4.69) is 10.1 Å². The first-order valence-corrected chi connectivity index (χ1v) is 5.89. The van der Waals surface area contributed by atoms with Crippen molar-refractivity contribution in [1.82, 2.24) is 10.2 Å². The highest BCUT2D eigenvalue weighted by molar-refractivity contribution is 5.68. The Kier molecular flexibility index (Phi) is 5.28. The lowest BCUT2D eigenvalue weighted by atomic mass is 10.2. The molecule has 1 saturated heterocycles. The molecule has 1 heterocycles. The number of hydrogen-bond acceptors (Lipinski definition) is 4. The molecule has 1 amide bonds. The van der Waals surface area contributed by atoms with Crippen LogP contribution in [0.3, 0.4) is 0 Å². The number of amides is 1. The topological polar surface area (TPSA) is 50.8 Å². The molecule has 0 aromatic carbocycles. The van der Waals surface area contributed by atoms with Crippen molar-refractivity contribution in [3.05, 3.63) is 0 Å². The molecular weight excluding hydrogens is 246 g/mol. The van der Waals surface area contributed by atoms with Crippen LogP contribution >= 0.6 is 0 Å². The fraction of sp³-hybridized carbons (Fsp3) is 0.909. The third-order valence-electron chi connectivity index (χ3n) is 2.39. The third kappa shape index (κ3) is 5.14. The molecule has 5 nitrogen and oxygen atoms in total. The third-order valence-corrected chi connectivity index (χ3v) is 2.39. The first kappa shape index (κ1) is 15.1. The smallest absolute Gasteiger partial charge is 0.410 e. The zero-order valence-electron chi connectivity index (χ0n) is 10.9. The fourth-order valence-electron chi connectivity index (χ4n) is 1.65. The summed E-state index contributed by atoms with van der Waals surface area (Å²) < 4.78 is 33.5. The molecule has 1 aliphatic heterocycles. The minimum Gasteiger partial charge on any atom is -0.444 e. The van der Waals surface area contributed by atoms with Crippen LogP contribution in [0.15, 0.2) is 0 Å². The molecule has 1 rings (SSSR count). The van der Waals surface area contributed by atoms with Crippen LogP contribution in [0, 0.1) is 0 Å². The highest BCUT2D eigenvalue weighted by atomic mass is 19.3. The normalized spacial score (nSPS) is 21.2. The van der Waals surface area contributed by atoms with Gasteiger partial charge >= 0.3 is 12.7 Å². The van der Waals surface area contributed by atoms with Crippen molar-refractivity contribution in [2.45, 2.75) is 39.0 Å². The predicted molar refractivity (Wildman–Crippen MR) is 61.6 cm³/mol. The minimum atomic E-state index is -2.83. The number of hydrogen-bond donors (Lipinski definition) is 1. The number of alkyl halides is 2. The molecular formula is C11H20F2N2O3. The number of halogens is 2. The van der Waals surface area contributed by atoms with Gasteiger partial charge in [-0.2, -0.15) is 8.78 Å². The molecule has 0 bridgehead atoms. The van der Waals surface area contributed by atoms with E-state index in [-0.39, 0.29) is 6.61 Å². The molecule has 18 heavy (non-hydrogen) atoms. The number of carbonyl (C=O) groups is 1. The number of piperazine rings is 1. The number of carbonyl (C=O) groups excluding carboxylic acids is 1. The average molecular weight is 266 g/mol. The van der Waals surface area contributed by atoms with Gasteiger partial charge in [0.25, 0.3) is 0 Å². The Morgan fingerprint density at radius 3 is 2.72 bits per heavy atom. The lowest BCUT2D eigenvalue weighted by molar-refractivity contribution is -0.141. The van der Waals surface area contributed by atoms with Crippen molar-refractivity contribution < 1.29 is 23.0 Å². The van der Waals surface area contributed by atoms with Crippen molar-refractivity contribution in [3.8, 4) is 0 Å². The highest BCUT2D eigenvalue weighted by Crippen LogP contribution is 2.14. The zero-order valence-corrected chi connectivity index (χ0v) is 10.9. The van der Waals surface area contributed by atoms with Crippen LogP contribution in [0.4, 0.5) is 13.6 Å². The summed E-state index contributed by atoms with van der Waals surface area (Å²) in [4.78, 5) is 13.3. The van der Waals surface area contributed by atoms with E-state index in [1.807, 2.05) is 0 Å². The summed E-state index contributed by atoms with van der Waals surface area (Å²) in [5.74, 6) is 0. The average Bonchev–Trinajstić information content (AvgIpc) is 2.24. The second-order valence-corrected chi connectivity index (χ2v) is 5.13. The monoisotopic (exact) mass is 266 g/mol. The van der Waals surface area contributed by atoms with Crippen LogP contribution in [0.25, 0.3) is 0 Å². The summed E-state index contributed by atoms with van der Waals surface area (Å²) in [5.41, 5.74) is -0.601. The Balaban J connectivity index is 2.55. The van der Waals surface area contributed by atoms with Crippen molar-refractivity contribution in [1.29, 1.82) is 0 Å². The van der Waals surface area contributed by atoms with Gasteiger partial charge in [0.2, 0.25) is 0 Å². The van der Waals surface area contributed by atoms with Gasteiger partial charge in [0, 0.05) is 19.6 Å². The standard InChI is InChI=1S/C11H20F2N2O3/c1-11(2,3)18-10(16)15-5-4-14-6-8(15)7-17-9(12)13/h8-9,14H,4-7H2,1-3H3. The van der Waals surface area contributed by atoms with Crippen LogP contribution in [0.5, 0.6) is 0 Å². The summed E-state index contributed by atoms with van der Waals surface area (Å²) in [6.07, 6.45) is -0.494. The molecule has 1 atom stereocenters. The predicted octanol–water partition coefficient (Wildman–Crippen LogP) is 1.43. The Bertz CT molecular complexity index is 282. The molecule has 1 fully saturated rings. The van der Waals surface area contributed by atoms with Crippen molar-refractivity contribution in [3.63, 3.8) is 0 Å². The van der Waals surface area contributed by atoms with E-state index in [0.29, 0.717) is 19.6 Å². The summed E-state index contributed by atoms with van der Waals surface area (Å²) in [7, 11) is 0. The summed E-state index contributed by atoms with van der Waals surface area (Å²) >= 11 is 0.